The van der Waals surface area contributed by atoms with Crippen molar-refractivity contribution in [3.63, 3.8) is 0 Å². The van der Waals surface area contributed by atoms with Gasteiger partial charge < -0.3 is 40.2 Å². The van der Waals surface area contributed by atoms with Gasteiger partial charge in [-0.1, -0.05) is 0 Å². The predicted octanol–water partition coefficient (Wildman–Crippen LogP) is -6.06. The van der Waals surface area contributed by atoms with Crippen molar-refractivity contribution in [2.75, 3.05) is 13.2 Å². The van der Waals surface area contributed by atoms with Gasteiger partial charge in [-0.3, -0.25) is 0 Å². The molecule has 0 saturated carbocycles. The van der Waals surface area contributed by atoms with Gasteiger partial charge in [-0.05, 0) is 0 Å². The van der Waals surface area contributed by atoms with Crippen LogP contribution >= 0.6 is 0 Å². The molecule has 0 aromatic rings. The number of hydrogen-bond acceptors (Lipinski definition) is 10. The summed E-state index contributed by atoms with van der Waals surface area (Å²) in [7, 11) is 0. The Bertz CT molecular complexity index is 227. The molecule has 4 N–H and O–H groups in total. The first-order chi connectivity index (χ1) is 7.78. The van der Waals surface area contributed by atoms with Crippen LogP contribution in [0, 0.1) is 27.8 Å². The first kappa shape index (κ1) is 21.7. The Morgan fingerprint density at radius 2 is 1.12 bits per heavy atom. The Labute approximate surface area is 110 Å². The SMILES string of the molecule is O=C([O-])C(O)CO.O=C([O-])C(O)CO.[O]=[U+2]=[O]. The number of carboxylic acid groups (broad SMARTS) is 2. The Kier molecular flexibility index (Phi) is 19.7. The molecule has 10 nitrogen and oxygen atoms in total. The summed E-state index contributed by atoms with van der Waals surface area (Å²) in [5.74, 6) is -3.30. The van der Waals surface area contributed by atoms with Crippen molar-refractivity contribution >= 4 is 11.9 Å². The standard InChI is InChI=1S/2C3H6O4.2O.U/c2*4-1-2(5)3(6)7;;;/h2*2,4-5H,1H2,(H,6,7);;;/q;;;;+2/p-2. The van der Waals surface area contributed by atoms with Crippen LogP contribution in [0.15, 0.2) is 0 Å². The second-order valence-corrected chi connectivity index (χ2v) is 2.81. The summed E-state index contributed by atoms with van der Waals surface area (Å²) in [6.45, 7) is -1.58. The van der Waals surface area contributed by atoms with Crippen LogP contribution < -0.4 is 10.2 Å². The molecule has 0 heterocycles. The van der Waals surface area contributed by atoms with E-state index in [2.05, 4.69) is 0 Å². The van der Waals surface area contributed by atoms with E-state index in [0.29, 0.717) is 0 Å². The summed E-state index contributed by atoms with van der Waals surface area (Å²) >= 11 is -2.51. The molecular formula is C6H10O10U. The molecule has 0 saturated heterocycles. The maximum atomic E-state index is 9.41. The quantitative estimate of drug-likeness (QED) is 0.301. The average Bonchev–Trinajstić information content (AvgIpc) is 2.28. The van der Waals surface area contributed by atoms with Crippen molar-refractivity contribution in [3.05, 3.63) is 0 Å². The van der Waals surface area contributed by atoms with Crippen LogP contribution in [0.2, 0.25) is 0 Å². The van der Waals surface area contributed by atoms with Crippen LogP contribution in [0.25, 0.3) is 0 Å². The zero-order valence-electron chi connectivity index (χ0n) is 8.31. The van der Waals surface area contributed by atoms with Crippen LogP contribution in [0.4, 0.5) is 0 Å². The van der Waals surface area contributed by atoms with Crippen LogP contribution in [-0.2, 0) is 14.1 Å². The van der Waals surface area contributed by atoms with E-state index in [1.807, 2.05) is 0 Å². The second-order valence-electron chi connectivity index (χ2n) is 2.12. The van der Waals surface area contributed by atoms with Gasteiger partial charge in [0, 0.05) is 0 Å². The minimum atomic E-state index is -2.51. The molecule has 11 heteroatoms. The van der Waals surface area contributed by atoms with Crippen molar-refractivity contribution in [2.45, 2.75) is 12.2 Å². The van der Waals surface area contributed by atoms with E-state index in [1.54, 1.807) is 0 Å². The van der Waals surface area contributed by atoms with Gasteiger partial charge in [0.25, 0.3) is 0 Å². The maximum absolute atomic E-state index is 9.41. The molecule has 0 aliphatic carbocycles. The van der Waals surface area contributed by atoms with Gasteiger partial charge in [0.05, 0.1) is 25.2 Å². The first-order valence-corrected chi connectivity index (χ1v) is 7.17. The topological polar surface area (TPSA) is 195 Å². The predicted molar refractivity (Wildman–Crippen MR) is 37.6 cm³/mol. The average molecular weight is 480 g/mol. The van der Waals surface area contributed by atoms with Crippen molar-refractivity contribution < 1.29 is 72.5 Å². The van der Waals surface area contributed by atoms with Gasteiger partial charge >= 0.3 is 32.3 Å². The van der Waals surface area contributed by atoms with Crippen molar-refractivity contribution in [1.29, 1.82) is 0 Å². The van der Waals surface area contributed by atoms with Crippen molar-refractivity contribution in [2.24, 2.45) is 0 Å². The molecule has 0 amide bonds. The molecule has 2 unspecified atom stereocenters. The third kappa shape index (κ3) is 21.3. The van der Waals surface area contributed by atoms with E-state index in [4.69, 9.17) is 24.9 Å². The fourth-order valence-corrected chi connectivity index (χ4v) is 0.149. The van der Waals surface area contributed by atoms with E-state index >= 15 is 0 Å². The molecule has 0 aliphatic rings. The molecule has 0 aromatic carbocycles. The molecule has 0 bridgehead atoms. The molecule has 0 aliphatic heterocycles. The van der Waals surface area contributed by atoms with E-state index in [0.717, 1.165) is 0 Å². The fourth-order valence-electron chi connectivity index (χ4n) is 0.149. The Morgan fingerprint density at radius 1 is 0.941 bits per heavy atom. The van der Waals surface area contributed by atoms with Gasteiger partial charge in [0.15, 0.2) is 0 Å². The summed E-state index contributed by atoms with van der Waals surface area (Å²) in [4.78, 5) is 18.8. The van der Waals surface area contributed by atoms with E-state index in [-0.39, 0.29) is 0 Å². The zero-order valence-corrected chi connectivity index (χ0v) is 12.5. The molecule has 98 valence electrons. The number of carboxylic acids is 2. The summed E-state index contributed by atoms with van der Waals surface area (Å²) in [6, 6.07) is 0. The first-order valence-electron chi connectivity index (χ1n) is 3.77. The molecule has 0 fully saturated rings. The molecule has 0 radical (unpaired) electrons. The normalized spacial score (nSPS) is 11.5. The van der Waals surface area contributed by atoms with Gasteiger partial charge in [-0.25, -0.2) is 0 Å². The van der Waals surface area contributed by atoms with E-state index in [1.165, 1.54) is 0 Å². The Balaban J connectivity index is -0.000000188. The van der Waals surface area contributed by atoms with Crippen LogP contribution in [0.3, 0.4) is 0 Å². The molecule has 0 aromatic heterocycles. The minimum absolute atomic E-state index is 0.789. The molecule has 0 rings (SSSR count). The van der Waals surface area contributed by atoms with Crippen LogP contribution in [0.5, 0.6) is 0 Å². The Morgan fingerprint density at radius 3 is 1.12 bits per heavy atom. The number of aliphatic hydroxyl groups excluding tert-OH is 4. The van der Waals surface area contributed by atoms with E-state index < -0.39 is 65.2 Å². The van der Waals surface area contributed by atoms with Crippen molar-refractivity contribution in [3.8, 4) is 0 Å². The number of aliphatic carboxylic acids is 2. The van der Waals surface area contributed by atoms with Crippen LogP contribution in [0.1, 0.15) is 0 Å². The summed E-state index contributed by atoms with van der Waals surface area (Å²) in [5.41, 5.74) is 0. The van der Waals surface area contributed by atoms with Gasteiger partial charge in [0.1, 0.15) is 12.2 Å². The molecule has 17 heavy (non-hydrogen) atoms. The molecular weight excluding hydrogens is 470 g/mol. The fraction of sp³-hybridized carbons (Fsp3) is 0.667. The van der Waals surface area contributed by atoms with Gasteiger partial charge in [0.2, 0.25) is 0 Å². The zero-order chi connectivity index (χ0) is 14.4. The number of carbonyl (C=O) groups is 2. The number of hydrogen-bond donors (Lipinski definition) is 4. The molecule has 2 atom stereocenters. The third-order valence-electron chi connectivity index (χ3n) is 0.890. The van der Waals surface area contributed by atoms with Gasteiger partial charge in [-0.15, -0.1) is 0 Å². The monoisotopic (exact) mass is 480 g/mol. The molecule has 0 spiro atoms. The van der Waals surface area contributed by atoms with Crippen molar-refractivity contribution in [1.82, 2.24) is 0 Å². The summed E-state index contributed by atoms with van der Waals surface area (Å²) in [6.07, 6.45) is -3.47. The second kappa shape index (κ2) is 15.4. The summed E-state index contributed by atoms with van der Waals surface area (Å²) < 4.78 is 17.2. The van der Waals surface area contributed by atoms with E-state index in [9.17, 15) is 19.8 Å². The third-order valence-corrected chi connectivity index (χ3v) is 0.890. The number of rotatable bonds is 4. The summed E-state index contributed by atoms with van der Waals surface area (Å²) in [5, 5.41) is 50.5. The Hall–Kier alpha value is -0.568. The van der Waals surface area contributed by atoms with Crippen LogP contribution in [-0.4, -0.2) is 57.8 Å². The number of aliphatic hydroxyl groups is 4. The van der Waals surface area contributed by atoms with Gasteiger partial charge in [-0.2, -0.15) is 0 Å². The number of carbonyl (C=O) groups excluding carboxylic acids is 2.